The van der Waals surface area contributed by atoms with Gasteiger partial charge >= 0.3 is 0 Å². The van der Waals surface area contributed by atoms with E-state index in [0.29, 0.717) is 28.0 Å². The number of nitrogens with one attached hydrogen (secondary N) is 1. The van der Waals surface area contributed by atoms with Crippen LogP contribution >= 0.6 is 11.3 Å². The smallest absolute Gasteiger partial charge is 0.280 e. The highest BCUT2D eigenvalue weighted by Gasteiger charge is 2.17. The number of carbonyl (C=O) groups is 1. The maximum Gasteiger partial charge on any atom is 0.280 e. The van der Waals surface area contributed by atoms with Gasteiger partial charge in [-0.05, 0) is 35.7 Å². The number of benzene rings is 2. The minimum absolute atomic E-state index is 0.164. The van der Waals surface area contributed by atoms with Gasteiger partial charge in [-0.2, -0.15) is 4.68 Å². The Labute approximate surface area is 176 Å². The molecule has 0 bridgehead atoms. The number of hydrogen-bond donors (Lipinski definition) is 1. The molecule has 1 N–H and O–H groups in total. The van der Waals surface area contributed by atoms with Gasteiger partial charge < -0.3 is 9.47 Å². The number of carbonyl (C=O) groups excluding carboxylic acids is 1. The van der Waals surface area contributed by atoms with Crippen LogP contribution in [0.15, 0.2) is 64.8 Å². The first-order valence-corrected chi connectivity index (χ1v) is 10.0. The number of nitrogens with zero attached hydrogens (tertiary/aromatic N) is 2. The lowest BCUT2D eigenvalue weighted by atomic mass is 10.1. The number of thiophene rings is 1. The van der Waals surface area contributed by atoms with Crippen molar-refractivity contribution in [2.75, 3.05) is 19.6 Å². The number of hydrogen-bond acceptors (Lipinski definition) is 6. The van der Waals surface area contributed by atoms with Crippen molar-refractivity contribution in [1.29, 1.82) is 0 Å². The third-order valence-electron chi connectivity index (χ3n) is 4.54. The van der Waals surface area contributed by atoms with Crippen molar-refractivity contribution in [3.05, 3.63) is 75.2 Å². The van der Waals surface area contributed by atoms with Gasteiger partial charge in [-0.1, -0.05) is 18.2 Å². The van der Waals surface area contributed by atoms with E-state index in [1.165, 1.54) is 16.0 Å². The standard InChI is InChI=1S/C22H19N3O4S/c1-28-15-10-14(11-16(12-15)29-2)21-23-19-8-4-3-7-18(19)22(27)25(21)24-20(26)13-17-6-5-9-30-17/h3-12H,13H2,1-2H3,(H,24,26). The molecule has 0 atom stereocenters. The lowest BCUT2D eigenvalue weighted by Crippen LogP contribution is -2.35. The van der Waals surface area contributed by atoms with E-state index in [0.717, 1.165) is 4.88 Å². The number of rotatable bonds is 6. The fraction of sp³-hybridized carbons (Fsp3) is 0.136. The normalized spacial score (nSPS) is 10.7. The van der Waals surface area contributed by atoms with E-state index in [1.807, 2.05) is 23.6 Å². The van der Waals surface area contributed by atoms with Gasteiger partial charge in [-0.25, -0.2) is 4.98 Å². The topological polar surface area (TPSA) is 82.4 Å². The number of amides is 1. The van der Waals surface area contributed by atoms with Gasteiger partial charge in [0.05, 0.1) is 31.5 Å². The van der Waals surface area contributed by atoms with Crippen LogP contribution in [0.3, 0.4) is 0 Å². The van der Waals surface area contributed by atoms with E-state index < -0.39 is 0 Å². The minimum atomic E-state index is -0.364. The second-order valence-electron chi connectivity index (χ2n) is 6.49. The molecule has 4 aromatic rings. The molecule has 2 heterocycles. The van der Waals surface area contributed by atoms with Crippen LogP contribution in [0.25, 0.3) is 22.3 Å². The number of ether oxygens (including phenoxy) is 2. The fourth-order valence-corrected chi connectivity index (χ4v) is 3.81. The van der Waals surface area contributed by atoms with E-state index in [-0.39, 0.29) is 23.7 Å². The van der Waals surface area contributed by atoms with Gasteiger partial charge in [0, 0.05) is 16.5 Å². The molecule has 7 nitrogen and oxygen atoms in total. The molecule has 0 aliphatic heterocycles. The van der Waals surface area contributed by atoms with Crippen LogP contribution in [0.2, 0.25) is 0 Å². The Kier molecular flexibility index (Phi) is 5.49. The highest BCUT2D eigenvalue weighted by molar-refractivity contribution is 7.10. The van der Waals surface area contributed by atoms with Crippen LogP contribution in [0.4, 0.5) is 0 Å². The van der Waals surface area contributed by atoms with Crippen molar-refractivity contribution < 1.29 is 14.3 Å². The summed E-state index contributed by atoms with van der Waals surface area (Å²) < 4.78 is 11.9. The molecule has 0 radical (unpaired) electrons. The second kappa shape index (κ2) is 8.38. The maximum atomic E-state index is 13.2. The number of aromatic nitrogens is 2. The number of methoxy groups -OCH3 is 2. The first-order valence-electron chi connectivity index (χ1n) is 9.16. The average Bonchev–Trinajstić information content (AvgIpc) is 3.28. The summed E-state index contributed by atoms with van der Waals surface area (Å²) in [6.45, 7) is 0. The van der Waals surface area contributed by atoms with Crippen molar-refractivity contribution >= 4 is 28.1 Å². The van der Waals surface area contributed by atoms with Crippen molar-refractivity contribution in [2.24, 2.45) is 0 Å². The summed E-state index contributed by atoms with van der Waals surface area (Å²) in [4.78, 5) is 31.4. The molecule has 0 aliphatic carbocycles. The average molecular weight is 421 g/mol. The van der Waals surface area contributed by atoms with Gasteiger partial charge in [0.25, 0.3) is 5.56 Å². The maximum absolute atomic E-state index is 13.2. The summed E-state index contributed by atoms with van der Waals surface area (Å²) in [5, 5.41) is 2.31. The van der Waals surface area contributed by atoms with Crippen molar-refractivity contribution in [3.8, 4) is 22.9 Å². The molecule has 0 spiro atoms. The molecule has 1 amide bonds. The number of fused-ring (bicyclic) bond motifs is 1. The predicted molar refractivity (Wildman–Crippen MR) is 117 cm³/mol. The summed E-state index contributed by atoms with van der Waals surface area (Å²) in [5.74, 6) is 1.06. The Bertz CT molecular complexity index is 1240. The van der Waals surface area contributed by atoms with Gasteiger partial charge in [0.1, 0.15) is 11.5 Å². The van der Waals surface area contributed by atoms with E-state index >= 15 is 0 Å². The lowest BCUT2D eigenvalue weighted by molar-refractivity contribution is -0.116. The molecule has 0 fully saturated rings. The van der Waals surface area contributed by atoms with Crippen LogP contribution in [0.5, 0.6) is 11.5 Å². The number of para-hydroxylation sites is 1. The summed E-state index contributed by atoms with van der Waals surface area (Å²) in [6.07, 6.45) is 0.164. The SMILES string of the molecule is COc1cc(OC)cc(-c2nc3ccccc3c(=O)n2NC(=O)Cc2cccs2)c1. The van der Waals surface area contributed by atoms with E-state index in [4.69, 9.17) is 9.47 Å². The lowest BCUT2D eigenvalue weighted by Gasteiger charge is -2.16. The summed E-state index contributed by atoms with van der Waals surface area (Å²) in [5.41, 5.74) is 3.45. The van der Waals surface area contributed by atoms with Crippen molar-refractivity contribution in [1.82, 2.24) is 9.66 Å². The van der Waals surface area contributed by atoms with Crippen molar-refractivity contribution in [3.63, 3.8) is 0 Å². The molecule has 2 aromatic heterocycles. The zero-order valence-electron chi connectivity index (χ0n) is 16.4. The van der Waals surface area contributed by atoms with Crippen LogP contribution in [-0.4, -0.2) is 29.8 Å². The minimum Gasteiger partial charge on any atom is -0.497 e. The molecule has 0 unspecified atom stereocenters. The zero-order valence-corrected chi connectivity index (χ0v) is 17.2. The zero-order chi connectivity index (χ0) is 21.1. The summed E-state index contributed by atoms with van der Waals surface area (Å²) in [7, 11) is 3.09. The van der Waals surface area contributed by atoms with Gasteiger partial charge in [-0.3, -0.25) is 15.0 Å². The summed E-state index contributed by atoms with van der Waals surface area (Å²) >= 11 is 1.48. The first kappa shape index (κ1) is 19.7. The highest BCUT2D eigenvalue weighted by atomic mass is 32.1. The van der Waals surface area contributed by atoms with E-state index in [1.54, 1.807) is 50.6 Å². The van der Waals surface area contributed by atoms with Crippen LogP contribution < -0.4 is 20.5 Å². The third kappa shape index (κ3) is 3.90. The van der Waals surface area contributed by atoms with Gasteiger partial charge in [-0.15, -0.1) is 11.3 Å². The molecule has 30 heavy (non-hydrogen) atoms. The summed E-state index contributed by atoms with van der Waals surface area (Å²) in [6, 6.07) is 16.0. The Hall–Kier alpha value is -3.65. The Morgan fingerprint density at radius 2 is 1.80 bits per heavy atom. The van der Waals surface area contributed by atoms with Gasteiger partial charge in [0.15, 0.2) is 5.82 Å². The molecule has 0 saturated heterocycles. The fourth-order valence-electron chi connectivity index (χ4n) is 3.10. The van der Waals surface area contributed by atoms with Gasteiger partial charge in [0.2, 0.25) is 5.91 Å². The van der Waals surface area contributed by atoms with Crippen LogP contribution in [0, 0.1) is 0 Å². The molecule has 8 heteroatoms. The molecule has 152 valence electrons. The Morgan fingerprint density at radius 1 is 1.07 bits per heavy atom. The quantitative estimate of drug-likeness (QED) is 0.516. The monoisotopic (exact) mass is 421 g/mol. The third-order valence-corrected chi connectivity index (χ3v) is 5.41. The first-order chi connectivity index (χ1) is 14.6. The highest BCUT2D eigenvalue weighted by Crippen LogP contribution is 2.29. The molecular formula is C22H19N3O4S. The molecule has 2 aromatic carbocycles. The molecule has 4 rings (SSSR count). The van der Waals surface area contributed by atoms with Crippen LogP contribution in [-0.2, 0) is 11.2 Å². The van der Waals surface area contributed by atoms with Crippen LogP contribution in [0.1, 0.15) is 4.88 Å². The predicted octanol–water partition coefficient (Wildman–Crippen LogP) is 3.46. The molecule has 0 saturated carbocycles. The Balaban J connectivity index is 1.86. The largest absolute Gasteiger partial charge is 0.497 e. The Morgan fingerprint density at radius 3 is 2.47 bits per heavy atom. The molecule has 0 aliphatic rings. The molecular weight excluding hydrogens is 402 g/mol. The van der Waals surface area contributed by atoms with E-state index in [9.17, 15) is 9.59 Å². The van der Waals surface area contributed by atoms with E-state index in [2.05, 4.69) is 10.4 Å². The van der Waals surface area contributed by atoms with Crippen molar-refractivity contribution in [2.45, 2.75) is 6.42 Å². The second-order valence-corrected chi connectivity index (χ2v) is 7.52.